The molecule has 6 heteroatoms. The van der Waals surface area contributed by atoms with Gasteiger partial charge in [0.25, 0.3) is 5.91 Å². The number of nitrogens with zero attached hydrogens (tertiary/aromatic N) is 1. The number of carbonyl (C=O) groups excluding carboxylic acids is 1. The minimum atomic E-state index is -0.611. The molecule has 1 heterocycles. The molecule has 4 nitrogen and oxygen atoms in total. The summed E-state index contributed by atoms with van der Waals surface area (Å²) in [7, 11) is 0. The molecule has 24 heavy (non-hydrogen) atoms. The van der Waals surface area contributed by atoms with Crippen LogP contribution in [0.25, 0.3) is 10.9 Å². The molecule has 1 N–H and O–H groups in total. The quantitative estimate of drug-likeness (QED) is 0.617. The highest BCUT2D eigenvalue weighted by Gasteiger charge is 2.23. The number of fused-ring (bicyclic) bond motifs is 1. The average Bonchev–Trinajstić information content (AvgIpc) is 2.50. The molecule has 0 saturated heterocycles. The van der Waals surface area contributed by atoms with Crippen LogP contribution < -0.4 is 10.1 Å². The van der Waals surface area contributed by atoms with E-state index in [1.165, 1.54) is 11.8 Å². The van der Waals surface area contributed by atoms with Gasteiger partial charge in [0.15, 0.2) is 0 Å². The standard InChI is InChI=1S/C18H19BrN2O2S/c1-18(2,3)21-16(22)17(24-4)23-14-5-6-15-13(10-14)9-12(7-8-19)11-20-15/h5-6,9-11,17H,1-4H3,(H,21,22). The number of nitrogens with one attached hydrogen (secondary N) is 1. The second-order valence-corrected chi connectivity index (χ2v) is 7.52. The van der Waals surface area contributed by atoms with Crippen molar-refractivity contribution in [3.8, 4) is 16.5 Å². The summed E-state index contributed by atoms with van der Waals surface area (Å²) in [6.45, 7) is 5.82. The van der Waals surface area contributed by atoms with E-state index in [0.29, 0.717) is 5.75 Å². The molecular formula is C18H19BrN2O2S. The van der Waals surface area contributed by atoms with Crippen LogP contribution in [0.4, 0.5) is 0 Å². The molecule has 1 aromatic carbocycles. The Balaban J connectivity index is 2.23. The van der Waals surface area contributed by atoms with E-state index in [-0.39, 0.29) is 11.4 Å². The van der Waals surface area contributed by atoms with E-state index in [1.54, 1.807) is 6.20 Å². The third-order valence-electron chi connectivity index (χ3n) is 3.01. The van der Waals surface area contributed by atoms with Crippen LogP contribution >= 0.6 is 27.7 Å². The zero-order valence-corrected chi connectivity index (χ0v) is 16.4. The fourth-order valence-electron chi connectivity index (χ4n) is 2.07. The van der Waals surface area contributed by atoms with Crippen molar-refractivity contribution in [1.29, 1.82) is 0 Å². The number of pyridine rings is 1. The van der Waals surface area contributed by atoms with E-state index in [1.807, 2.05) is 51.3 Å². The molecule has 2 aromatic rings. The van der Waals surface area contributed by atoms with Gasteiger partial charge in [0.05, 0.1) is 5.52 Å². The molecule has 0 aliphatic heterocycles. The van der Waals surface area contributed by atoms with Crippen molar-refractivity contribution in [2.45, 2.75) is 31.7 Å². The maximum absolute atomic E-state index is 12.3. The number of rotatable bonds is 4. The molecular weight excluding hydrogens is 388 g/mol. The molecule has 126 valence electrons. The number of hydrogen-bond donors (Lipinski definition) is 1. The largest absolute Gasteiger partial charge is 0.470 e. The van der Waals surface area contributed by atoms with Gasteiger partial charge in [-0.3, -0.25) is 9.78 Å². The molecule has 1 amide bonds. The number of amides is 1. The first kappa shape index (κ1) is 18.6. The summed E-state index contributed by atoms with van der Waals surface area (Å²) in [6, 6.07) is 7.50. The van der Waals surface area contributed by atoms with Crippen LogP contribution in [0.1, 0.15) is 26.3 Å². The molecule has 1 atom stereocenters. The predicted octanol–water partition coefficient (Wildman–Crippen LogP) is 3.92. The van der Waals surface area contributed by atoms with Gasteiger partial charge in [-0.1, -0.05) is 5.92 Å². The Kier molecular flexibility index (Phi) is 6.14. The summed E-state index contributed by atoms with van der Waals surface area (Å²) in [6.07, 6.45) is 3.57. The Hall–Kier alpha value is -1.71. The van der Waals surface area contributed by atoms with Crippen molar-refractivity contribution >= 4 is 44.5 Å². The lowest BCUT2D eigenvalue weighted by Gasteiger charge is -2.24. The lowest BCUT2D eigenvalue weighted by Crippen LogP contribution is -2.46. The maximum atomic E-state index is 12.3. The molecule has 0 saturated carbocycles. The summed E-state index contributed by atoms with van der Waals surface area (Å²) in [5.41, 5.74) is 0.746. The summed E-state index contributed by atoms with van der Waals surface area (Å²) >= 11 is 4.44. The third kappa shape index (κ3) is 5.15. The number of carbonyl (C=O) groups is 1. The molecule has 2 rings (SSSR count). The Morgan fingerprint density at radius 1 is 1.38 bits per heavy atom. The highest BCUT2D eigenvalue weighted by atomic mass is 79.9. The Morgan fingerprint density at radius 3 is 2.75 bits per heavy atom. The van der Waals surface area contributed by atoms with E-state index >= 15 is 0 Å². The minimum absolute atomic E-state index is 0.146. The number of ether oxygens (including phenoxy) is 1. The molecule has 0 bridgehead atoms. The summed E-state index contributed by atoms with van der Waals surface area (Å²) in [4.78, 5) is 19.3. The van der Waals surface area contributed by atoms with E-state index in [4.69, 9.17) is 4.74 Å². The first-order valence-corrected chi connectivity index (χ1v) is 9.43. The monoisotopic (exact) mass is 406 g/mol. The van der Waals surface area contributed by atoms with Crippen LogP contribution in [0, 0.1) is 10.8 Å². The van der Waals surface area contributed by atoms with Crippen LogP contribution in [-0.4, -0.2) is 28.1 Å². The van der Waals surface area contributed by atoms with Crippen molar-refractivity contribution in [1.82, 2.24) is 10.3 Å². The number of halogens is 1. The van der Waals surface area contributed by atoms with Crippen molar-refractivity contribution in [2.75, 3.05) is 6.26 Å². The van der Waals surface area contributed by atoms with Gasteiger partial charge >= 0.3 is 0 Å². The first-order valence-electron chi connectivity index (χ1n) is 7.35. The van der Waals surface area contributed by atoms with Gasteiger partial charge in [0.2, 0.25) is 5.44 Å². The summed E-state index contributed by atoms with van der Waals surface area (Å²) in [5.74, 6) is 3.39. The fraction of sp³-hybridized carbons (Fsp3) is 0.333. The molecule has 0 fully saturated rings. The number of aromatic nitrogens is 1. The highest BCUT2D eigenvalue weighted by molar-refractivity contribution is 9.12. The van der Waals surface area contributed by atoms with Gasteiger partial charge in [-0.2, -0.15) is 0 Å². The minimum Gasteiger partial charge on any atom is -0.470 e. The fourth-order valence-corrected chi connectivity index (χ4v) is 2.78. The number of benzene rings is 1. The topological polar surface area (TPSA) is 51.2 Å². The van der Waals surface area contributed by atoms with E-state index in [0.717, 1.165) is 16.5 Å². The van der Waals surface area contributed by atoms with Crippen molar-refractivity contribution in [3.05, 3.63) is 36.0 Å². The van der Waals surface area contributed by atoms with Crippen LogP contribution in [0.5, 0.6) is 5.75 Å². The van der Waals surface area contributed by atoms with Crippen LogP contribution in [0.3, 0.4) is 0 Å². The second-order valence-electron chi connectivity index (χ2n) is 6.22. The molecule has 0 aliphatic rings. The van der Waals surface area contributed by atoms with Crippen LogP contribution in [-0.2, 0) is 4.79 Å². The maximum Gasteiger partial charge on any atom is 0.272 e. The number of thioether (sulfide) groups is 1. The number of hydrogen-bond acceptors (Lipinski definition) is 4. The normalized spacial score (nSPS) is 12.2. The molecule has 1 aromatic heterocycles. The lowest BCUT2D eigenvalue weighted by molar-refractivity contribution is -0.125. The van der Waals surface area contributed by atoms with Gasteiger partial charge in [-0.05, 0) is 56.1 Å². The zero-order chi connectivity index (χ0) is 17.7. The predicted molar refractivity (Wildman–Crippen MR) is 103 cm³/mol. The van der Waals surface area contributed by atoms with Crippen molar-refractivity contribution < 1.29 is 9.53 Å². The van der Waals surface area contributed by atoms with Crippen molar-refractivity contribution in [3.63, 3.8) is 0 Å². The molecule has 1 unspecified atom stereocenters. The Morgan fingerprint density at radius 2 is 2.12 bits per heavy atom. The van der Waals surface area contributed by atoms with E-state index < -0.39 is 5.44 Å². The van der Waals surface area contributed by atoms with Gasteiger partial charge in [-0.15, -0.1) is 11.8 Å². The van der Waals surface area contributed by atoms with Gasteiger partial charge < -0.3 is 10.1 Å². The van der Waals surface area contributed by atoms with Crippen LogP contribution in [0.15, 0.2) is 30.5 Å². The second kappa shape index (κ2) is 7.91. The Bertz CT molecular complexity index is 806. The Labute approximate surface area is 154 Å². The van der Waals surface area contributed by atoms with Gasteiger partial charge in [-0.25, -0.2) is 0 Å². The third-order valence-corrected chi connectivity index (χ3v) is 3.95. The summed E-state index contributed by atoms with van der Waals surface area (Å²) in [5, 5.41) is 3.85. The summed E-state index contributed by atoms with van der Waals surface area (Å²) < 4.78 is 5.86. The van der Waals surface area contributed by atoms with Crippen LogP contribution in [0.2, 0.25) is 0 Å². The van der Waals surface area contributed by atoms with E-state index in [2.05, 4.69) is 37.0 Å². The van der Waals surface area contributed by atoms with Gasteiger partial charge in [0, 0.05) is 38.6 Å². The van der Waals surface area contributed by atoms with E-state index in [9.17, 15) is 4.79 Å². The molecule has 0 radical (unpaired) electrons. The molecule has 0 aliphatic carbocycles. The van der Waals surface area contributed by atoms with Crippen molar-refractivity contribution in [2.24, 2.45) is 0 Å². The van der Waals surface area contributed by atoms with Gasteiger partial charge in [0.1, 0.15) is 5.75 Å². The highest BCUT2D eigenvalue weighted by Crippen LogP contribution is 2.23. The molecule has 0 spiro atoms. The average molecular weight is 407 g/mol. The SMILES string of the molecule is CSC(Oc1ccc2ncc(C#CBr)cc2c1)C(=O)NC(C)(C)C. The smallest absolute Gasteiger partial charge is 0.272 e. The zero-order valence-electron chi connectivity index (χ0n) is 14.0. The lowest BCUT2D eigenvalue weighted by atomic mass is 10.1. The first-order chi connectivity index (χ1) is 11.3.